The molecule has 0 saturated heterocycles. The Hall–Kier alpha value is -3.26. The highest BCUT2D eigenvalue weighted by Gasteiger charge is 2.22. The molecule has 0 unspecified atom stereocenters. The van der Waals surface area contributed by atoms with Crippen molar-refractivity contribution in [3.8, 4) is 5.75 Å². The van der Waals surface area contributed by atoms with Crippen LogP contribution in [0.25, 0.3) is 20.4 Å². The maximum Gasteiger partial charge on any atom is 0.272 e. The number of rotatable bonds is 5. The summed E-state index contributed by atoms with van der Waals surface area (Å²) in [5, 5.41) is 3.70. The van der Waals surface area contributed by atoms with E-state index in [9.17, 15) is 9.59 Å². The summed E-state index contributed by atoms with van der Waals surface area (Å²) in [5.41, 5.74) is 1.03. The van der Waals surface area contributed by atoms with E-state index in [1.54, 1.807) is 37.6 Å². The number of carbonyl (C=O) groups is 1. The number of hydrogen-bond donors (Lipinski definition) is 1. The SMILES string of the molecule is CC[C@H](C(=O)Nc1ccc(OC)cc1)n1cnc2c(sc3ncccc32)c1=O. The summed E-state index contributed by atoms with van der Waals surface area (Å²) >= 11 is 1.30. The maximum atomic E-state index is 13.0. The highest BCUT2D eigenvalue weighted by Crippen LogP contribution is 2.28. The second kappa shape index (κ2) is 7.40. The van der Waals surface area contributed by atoms with E-state index in [1.807, 2.05) is 19.1 Å². The predicted octanol–water partition coefficient (Wildman–Crippen LogP) is 3.60. The van der Waals surface area contributed by atoms with Crippen LogP contribution in [0.1, 0.15) is 19.4 Å². The van der Waals surface area contributed by atoms with Gasteiger partial charge in [-0.25, -0.2) is 9.97 Å². The van der Waals surface area contributed by atoms with E-state index < -0.39 is 6.04 Å². The van der Waals surface area contributed by atoms with Gasteiger partial charge in [0.2, 0.25) is 5.91 Å². The number of nitrogens with zero attached hydrogens (tertiary/aromatic N) is 3. The molecule has 0 fully saturated rings. The smallest absolute Gasteiger partial charge is 0.272 e. The molecule has 0 spiro atoms. The number of thiophene rings is 1. The topological polar surface area (TPSA) is 86.1 Å². The van der Waals surface area contributed by atoms with Gasteiger partial charge in [-0.1, -0.05) is 6.92 Å². The molecular weight excluding hydrogens is 376 g/mol. The van der Waals surface area contributed by atoms with Crippen molar-refractivity contribution in [3.05, 3.63) is 59.3 Å². The van der Waals surface area contributed by atoms with Crippen LogP contribution in [0.2, 0.25) is 0 Å². The standard InChI is InChI=1S/C20H18N4O3S/c1-3-15(18(25)23-12-6-8-13(27-2)9-7-12)24-11-22-16-14-5-4-10-21-19(14)28-17(16)20(24)26/h4-11,15H,3H2,1-2H3,(H,23,25)/t15-/m1/s1. The normalized spacial score (nSPS) is 12.2. The number of pyridine rings is 1. The fraction of sp³-hybridized carbons (Fsp3) is 0.200. The first kappa shape index (κ1) is 18.1. The van der Waals surface area contributed by atoms with Crippen molar-refractivity contribution in [1.29, 1.82) is 0 Å². The molecule has 7 nitrogen and oxygen atoms in total. The third-order valence-electron chi connectivity index (χ3n) is 4.56. The molecule has 0 aliphatic carbocycles. The van der Waals surface area contributed by atoms with Gasteiger partial charge in [-0.2, -0.15) is 0 Å². The molecule has 3 aromatic heterocycles. The molecular formula is C20H18N4O3S. The molecule has 0 aliphatic rings. The molecule has 28 heavy (non-hydrogen) atoms. The van der Waals surface area contributed by atoms with Gasteiger partial charge in [-0.3, -0.25) is 14.2 Å². The summed E-state index contributed by atoms with van der Waals surface area (Å²) in [6.45, 7) is 1.86. The summed E-state index contributed by atoms with van der Waals surface area (Å²) in [5.74, 6) is 0.435. The second-order valence-electron chi connectivity index (χ2n) is 6.23. The van der Waals surface area contributed by atoms with Crippen LogP contribution in [-0.4, -0.2) is 27.6 Å². The second-order valence-corrected chi connectivity index (χ2v) is 7.23. The zero-order chi connectivity index (χ0) is 19.7. The number of fused-ring (bicyclic) bond motifs is 3. The summed E-state index contributed by atoms with van der Waals surface area (Å²) in [4.78, 5) is 35.4. The van der Waals surface area contributed by atoms with Crippen LogP contribution in [0.15, 0.2) is 53.7 Å². The summed E-state index contributed by atoms with van der Waals surface area (Å²) in [6, 6.07) is 10.1. The zero-order valence-corrected chi connectivity index (χ0v) is 16.2. The maximum absolute atomic E-state index is 13.0. The molecule has 0 aliphatic heterocycles. The van der Waals surface area contributed by atoms with E-state index in [-0.39, 0.29) is 11.5 Å². The first-order valence-corrected chi connectivity index (χ1v) is 9.63. The number of hydrogen-bond acceptors (Lipinski definition) is 6. The number of amides is 1. The monoisotopic (exact) mass is 394 g/mol. The third kappa shape index (κ3) is 3.11. The molecule has 4 aromatic rings. The first-order chi connectivity index (χ1) is 13.6. The fourth-order valence-electron chi connectivity index (χ4n) is 3.11. The Bertz CT molecular complexity index is 1210. The average Bonchev–Trinajstić information content (AvgIpc) is 3.10. The molecule has 0 radical (unpaired) electrons. The van der Waals surface area contributed by atoms with Crippen molar-refractivity contribution in [2.75, 3.05) is 12.4 Å². The van der Waals surface area contributed by atoms with Crippen molar-refractivity contribution in [2.45, 2.75) is 19.4 Å². The van der Waals surface area contributed by atoms with Crippen LogP contribution < -0.4 is 15.6 Å². The Labute approximate surface area is 164 Å². The minimum atomic E-state index is -0.662. The minimum Gasteiger partial charge on any atom is -0.497 e. The van der Waals surface area contributed by atoms with Gasteiger partial charge in [0.1, 0.15) is 21.3 Å². The van der Waals surface area contributed by atoms with Crippen LogP contribution >= 0.6 is 11.3 Å². The number of ether oxygens (including phenoxy) is 1. The minimum absolute atomic E-state index is 0.232. The fourth-order valence-corrected chi connectivity index (χ4v) is 4.15. The van der Waals surface area contributed by atoms with Gasteiger partial charge < -0.3 is 10.1 Å². The van der Waals surface area contributed by atoms with Crippen LogP contribution in [-0.2, 0) is 4.79 Å². The van der Waals surface area contributed by atoms with Gasteiger partial charge in [-0.15, -0.1) is 11.3 Å². The van der Waals surface area contributed by atoms with Crippen molar-refractivity contribution in [2.24, 2.45) is 0 Å². The van der Waals surface area contributed by atoms with Gasteiger partial charge in [-0.05, 0) is 42.8 Å². The Morgan fingerprint density at radius 2 is 2.04 bits per heavy atom. The summed E-state index contributed by atoms with van der Waals surface area (Å²) < 4.78 is 7.03. The number of methoxy groups -OCH3 is 1. The van der Waals surface area contributed by atoms with Crippen LogP contribution in [0, 0.1) is 0 Å². The highest BCUT2D eigenvalue weighted by atomic mass is 32.1. The molecule has 1 amide bonds. The average molecular weight is 394 g/mol. The Morgan fingerprint density at radius 3 is 2.75 bits per heavy atom. The quantitative estimate of drug-likeness (QED) is 0.559. The van der Waals surface area contributed by atoms with E-state index in [1.165, 1.54) is 22.2 Å². The lowest BCUT2D eigenvalue weighted by atomic mass is 10.2. The molecule has 0 saturated carbocycles. The first-order valence-electron chi connectivity index (χ1n) is 8.81. The van der Waals surface area contributed by atoms with Crippen molar-refractivity contribution >= 4 is 43.4 Å². The van der Waals surface area contributed by atoms with Crippen LogP contribution in [0.3, 0.4) is 0 Å². The van der Waals surface area contributed by atoms with Gasteiger partial charge in [0.15, 0.2) is 0 Å². The lowest BCUT2D eigenvalue weighted by Crippen LogP contribution is -2.33. The number of anilines is 1. The molecule has 8 heteroatoms. The summed E-state index contributed by atoms with van der Waals surface area (Å²) in [6.07, 6.45) is 3.59. The third-order valence-corrected chi connectivity index (χ3v) is 5.65. The molecule has 142 valence electrons. The molecule has 4 rings (SSSR count). The van der Waals surface area contributed by atoms with Gasteiger partial charge in [0, 0.05) is 17.3 Å². The molecule has 1 aromatic carbocycles. The number of nitrogens with one attached hydrogen (secondary N) is 1. The van der Waals surface area contributed by atoms with E-state index in [0.29, 0.717) is 28.1 Å². The van der Waals surface area contributed by atoms with E-state index in [0.717, 1.165) is 10.2 Å². The van der Waals surface area contributed by atoms with Crippen molar-refractivity contribution in [1.82, 2.24) is 14.5 Å². The van der Waals surface area contributed by atoms with E-state index in [4.69, 9.17) is 4.74 Å². The Kier molecular flexibility index (Phi) is 4.79. The van der Waals surface area contributed by atoms with Gasteiger partial charge >= 0.3 is 0 Å². The molecule has 1 atom stereocenters. The molecule has 3 heterocycles. The Morgan fingerprint density at radius 1 is 1.25 bits per heavy atom. The van der Waals surface area contributed by atoms with Crippen LogP contribution in [0.4, 0.5) is 5.69 Å². The number of benzene rings is 1. The van der Waals surface area contributed by atoms with E-state index >= 15 is 0 Å². The van der Waals surface area contributed by atoms with Gasteiger partial charge in [0.25, 0.3) is 5.56 Å². The van der Waals surface area contributed by atoms with E-state index in [2.05, 4.69) is 15.3 Å². The summed E-state index contributed by atoms with van der Waals surface area (Å²) in [7, 11) is 1.58. The predicted molar refractivity (Wildman–Crippen MR) is 110 cm³/mol. The zero-order valence-electron chi connectivity index (χ0n) is 15.4. The van der Waals surface area contributed by atoms with Crippen molar-refractivity contribution < 1.29 is 9.53 Å². The lowest BCUT2D eigenvalue weighted by Gasteiger charge is -2.17. The molecule has 1 N–H and O–H groups in total. The molecule has 0 bridgehead atoms. The highest BCUT2D eigenvalue weighted by molar-refractivity contribution is 7.25. The van der Waals surface area contributed by atoms with Gasteiger partial charge in [0.05, 0.1) is 19.0 Å². The largest absolute Gasteiger partial charge is 0.497 e. The van der Waals surface area contributed by atoms with Crippen LogP contribution in [0.5, 0.6) is 5.75 Å². The lowest BCUT2D eigenvalue weighted by molar-refractivity contribution is -0.119. The number of aromatic nitrogens is 3. The number of carbonyl (C=O) groups excluding carboxylic acids is 1. The Balaban J connectivity index is 1.69. The van der Waals surface area contributed by atoms with Crippen molar-refractivity contribution in [3.63, 3.8) is 0 Å².